The second-order valence-corrected chi connectivity index (χ2v) is 9.14. The van der Waals surface area contributed by atoms with Crippen LogP contribution in [0, 0.1) is 0 Å². The van der Waals surface area contributed by atoms with Gasteiger partial charge in [-0.3, -0.25) is 9.20 Å². The van der Waals surface area contributed by atoms with Crippen LogP contribution < -0.4 is 10.1 Å². The third-order valence-electron chi connectivity index (χ3n) is 4.38. The number of carbonyl (C=O) groups excluding carboxylic acids is 1. The summed E-state index contributed by atoms with van der Waals surface area (Å²) in [5, 5.41) is 2.81. The van der Waals surface area contributed by atoms with Crippen LogP contribution >= 0.6 is 15.9 Å². The topological polar surface area (TPSA) is 89.8 Å². The number of sulfone groups is 1. The molecule has 0 spiro atoms. The van der Waals surface area contributed by atoms with Gasteiger partial charge in [-0.2, -0.15) is 0 Å². The summed E-state index contributed by atoms with van der Waals surface area (Å²) in [6, 6.07) is 10.5. The van der Waals surface area contributed by atoms with E-state index in [-0.39, 0.29) is 16.9 Å². The van der Waals surface area contributed by atoms with Gasteiger partial charge in [0, 0.05) is 28.9 Å². The van der Waals surface area contributed by atoms with Crippen molar-refractivity contribution in [3.63, 3.8) is 0 Å². The van der Waals surface area contributed by atoms with Crippen molar-refractivity contribution in [3.8, 4) is 5.75 Å². The highest BCUT2D eigenvalue weighted by atomic mass is 79.9. The van der Waals surface area contributed by atoms with Gasteiger partial charge in [0.2, 0.25) is 15.0 Å². The monoisotopic (exact) mass is 449 g/mol. The van der Waals surface area contributed by atoms with Crippen molar-refractivity contribution in [1.29, 1.82) is 0 Å². The summed E-state index contributed by atoms with van der Waals surface area (Å²) in [4.78, 5) is 17.0. The van der Waals surface area contributed by atoms with Crippen molar-refractivity contribution >= 4 is 37.2 Å². The highest BCUT2D eigenvalue weighted by Gasteiger charge is 2.27. The van der Waals surface area contributed by atoms with Crippen LogP contribution in [0.4, 0.5) is 0 Å². The van der Waals surface area contributed by atoms with E-state index in [4.69, 9.17) is 4.74 Å². The molecule has 27 heavy (non-hydrogen) atoms. The van der Waals surface area contributed by atoms with Gasteiger partial charge in [0.15, 0.2) is 5.69 Å². The number of fused-ring (bicyclic) bond motifs is 2. The number of pyridine rings is 1. The van der Waals surface area contributed by atoms with Gasteiger partial charge < -0.3 is 10.1 Å². The first-order valence-electron chi connectivity index (χ1n) is 8.25. The fourth-order valence-electron chi connectivity index (χ4n) is 3.18. The smallest absolute Gasteiger partial charge is 0.272 e. The number of imidazole rings is 1. The Morgan fingerprint density at radius 2 is 2.15 bits per heavy atom. The van der Waals surface area contributed by atoms with E-state index in [1.54, 1.807) is 24.4 Å². The minimum absolute atomic E-state index is 0.0825. The van der Waals surface area contributed by atoms with E-state index >= 15 is 0 Å². The number of amides is 1. The summed E-state index contributed by atoms with van der Waals surface area (Å²) in [6.45, 7) is 0.484. The average molecular weight is 450 g/mol. The zero-order chi connectivity index (χ0) is 19.2. The van der Waals surface area contributed by atoms with Gasteiger partial charge in [0.1, 0.15) is 5.75 Å². The Hall–Kier alpha value is -2.39. The van der Waals surface area contributed by atoms with E-state index in [1.165, 1.54) is 4.40 Å². The molecular weight excluding hydrogens is 434 g/mol. The van der Waals surface area contributed by atoms with Crippen LogP contribution in [0.2, 0.25) is 0 Å². The van der Waals surface area contributed by atoms with Crippen molar-refractivity contribution in [3.05, 3.63) is 58.3 Å². The lowest BCUT2D eigenvalue weighted by Gasteiger charge is -2.26. The van der Waals surface area contributed by atoms with Gasteiger partial charge in [0.25, 0.3) is 5.91 Å². The number of nitrogens with one attached hydrogen (secondary N) is 1. The zero-order valence-electron chi connectivity index (χ0n) is 14.3. The fourth-order valence-corrected chi connectivity index (χ4v) is 4.33. The Kier molecular flexibility index (Phi) is 4.43. The molecule has 0 saturated carbocycles. The number of hydrogen-bond acceptors (Lipinski definition) is 5. The van der Waals surface area contributed by atoms with Crippen molar-refractivity contribution in [2.24, 2.45) is 0 Å². The van der Waals surface area contributed by atoms with Crippen LogP contribution in [0.5, 0.6) is 5.75 Å². The molecule has 0 fully saturated rings. The molecular formula is C18H16BrN3O4S. The summed E-state index contributed by atoms with van der Waals surface area (Å²) in [6.07, 6.45) is 3.26. The highest BCUT2D eigenvalue weighted by molar-refractivity contribution is 9.10. The van der Waals surface area contributed by atoms with Gasteiger partial charge >= 0.3 is 0 Å². The van der Waals surface area contributed by atoms with Crippen LogP contribution in [-0.2, 0) is 9.84 Å². The molecule has 1 aromatic carbocycles. The lowest BCUT2D eigenvalue weighted by molar-refractivity contribution is 0.0921. The Morgan fingerprint density at radius 1 is 1.33 bits per heavy atom. The van der Waals surface area contributed by atoms with E-state index in [0.29, 0.717) is 18.5 Å². The molecule has 3 heterocycles. The van der Waals surface area contributed by atoms with Gasteiger partial charge in [-0.1, -0.05) is 22.0 Å². The third kappa shape index (κ3) is 3.32. The summed E-state index contributed by atoms with van der Waals surface area (Å²) in [7, 11) is -3.58. The normalized spacial score (nSPS) is 16.6. The average Bonchev–Trinajstić information content (AvgIpc) is 3.02. The van der Waals surface area contributed by atoms with Gasteiger partial charge in [0.05, 0.1) is 18.2 Å². The van der Waals surface area contributed by atoms with E-state index < -0.39 is 15.7 Å². The number of halogens is 1. The number of rotatable bonds is 3. The molecule has 4 rings (SSSR count). The molecule has 0 radical (unpaired) electrons. The van der Waals surface area contributed by atoms with E-state index in [9.17, 15) is 13.2 Å². The van der Waals surface area contributed by atoms with E-state index in [1.807, 2.05) is 18.2 Å². The Balaban J connectivity index is 1.73. The number of carbonyl (C=O) groups is 1. The van der Waals surface area contributed by atoms with Crippen molar-refractivity contribution in [2.45, 2.75) is 17.6 Å². The number of benzene rings is 1. The molecule has 7 nitrogen and oxygen atoms in total. The molecule has 1 aliphatic rings. The lowest BCUT2D eigenvalue weighted by atomic mass is 10.0. The second kappa shape index (κ2) is 6.65. The molecule has 1 atom stereocenters. The van der Waals surface area contributed by atoms with Crippen molar-refractivity contribution in [2.75, 3.05) is 12.9 Å². The molecule has 0 aliphatic carbocycles. The Morgan fingerprint density at radius 3 is 2.93 bits per heavy atom. The summed E-state index contributed by atoms with van der Waals surface area (Å²) in [5.74, 6) is 0.299. The molecule has 2 aromatic heterocycles. The lowest BCUT2D eigenvalue weighted by Crippen LogP contribution is -2.32. The van der Waals surface area contributed by atoms with E-state index in [0.717, 1.165) is 22.0 Å². The van der Waals surface area contributed by atoms with Crippen LogP contribution in [0.3, 0.4) is 0 Å². The zero-order valence-corrected chi connectivity index (χ0v) is 16.7. The van der Waals surface area contributed by atoms with Crippen molar-refractivity contribution in [1.82, 2.24) is 14.7 Å². The molecule has 0 bridgehead atoms. The van der Waals surface area contributed by atoms with Crippen LogP contribution in [0.15, 0.2) is 52.2 Å². The predicted octanol–water partition coefficient (Wildman–Crippen LogP) is 2.75. The fraction of sp³-hybridized carbons (Fsp3) is 0.222. The molecule has 0 saturated heterocycles. The van der Waals surface area contributed by atoms with Crippen LogP contribution in [0.1, 0.15) is 28.5 Å². The summed E-state index contributed by atoms with van der Waals surface area (Å²) < 4.78 is 32.0. The van der Waals surface area contributed by atoms with Gasteiger partial charge in [-0.15, -0.1) is 0 Å². The molecule has 1 amide bonds. The molecule has 1 aliphatic heterocycles. The van der Waals surface area contributed by atoms with Crippen LogP contribution in [0.25, 0.3) is 5.52 Å². The first-order chi connectivity index (χ1) is 12.8. The Labute approximate surface area is 164 Å². The number of nitrogens with zero attached hydrogens (tertiary/aromatic N) is 2. The molecule has 9 heteroatoms. The molecule has 1 N–H and O–H groups in total. The van der Waals surface area contributed by atoms with E-state index in [2.05, 4.69) is 26.2 Å². The minimum atomic E-state index is -3.58. The van der Waals surface area contributed by atoms with Crippen molar-refractivity contribution < 1.29 is 17.9 Å². The van der Waals surface area contributed by atoms with Crippen LogP contribution in [-0.4, -0.2) is 36.6 Å². The summed E-state index contributed by atoms with van der Waals surface area (Å²) in [5.41, 5.74) is 1.40. The highest BCUT2D eigenvalue weighted by Crippen LogP contribution is 2.34. The number of hydrogen-bond donors (Lipinski definition) is 1. The third-order valence-corrected chi connectivity index (χ3v) is 5.82. The van der Waals surface area contributed by atoms with Gasteiger partial charge in [-0.05, 0) is 30.3 Å². The molecule has 3 aromatic rings. The standard InChI is InChI=1S/C18H16BrN3O4S/c1-27(24,25)18-21-16(14-4-2-3-8-22(14)18)17(23)20-13-7-9-26-15-6-5-11(19)10-12(13)15/h2-6,8,10,13H,7,9H2,1H3,(H,20,23). The molecule has 1 unspecified atom stereocenters. The SMILES string of the molecule is CS(=O)(=O)c1nc(C(=O)NC2CCOc3ccc(Br)cc32)c2ccccn12. The summed E-state index contributed by atoms with van der Waals surface area (Å²) >= 11 is 3.44. The first-order valence-corrected chi connectivity index (χ1v) is 10.9. The molecule has 140 valence electrons. The van der Waals surface area contributed by atoms with Gasteiger partial charge in [-0.25, -0.2) is 13.4 Å². The second-order valence-electron chi connectivity index (χ2n) is 6.32. The largest absolute Gasteiger partial charge is 0.493 e. The predicted molar refractivity (Wildman–Crippen MR) is 103 cm³/mol. The maximum Gasteiger partial charge on any atom is 0.272 e. The minimum Gasteiger partial charge on any atom is -0.493 e. The maximum absolute atomic E-state index is 12.9. The quantitative estimate of drug-likeness (QED) is 0.663. The number of aromatic nitrogens is 2. The maximum atomic E-state index is 12.9. The number of ether oxygens (including phenoxy) is 1. The Bertz CT molecular complexity index is 1160. The first kappa shape index (κ1) is 18.0.